The molecule has 5 nitrogen and oxygen atoms in total. The van der Waals surface area contributed by atoms with Gasteiger partial charge in [-0.3, -0.25) is 0 Å². The first-order valence-electron chi connectivity index (χ1n) is 7.41. The first-order chi connectivity index (χ1) is 9.97. The van der Waals surface area contributed by atoms with Crippen molar-refractivity contribution in [3.63, 3.8) is 0 Å². The van der Waals surface area contributed by atoms with Crippen LogP contribution in [0.1, 0.15) is 33.6 Å². The molecular weight excluding hydrogens is 288 g/mol. The molecule has 6 heteroatoms. The van der Waals surface area contributed by atoms with Crippen LogP contribution in [-0.2, 0) is 14.8 Å². The Morgan fingerprint density at radius 2 is 1.90 bits per heavy atom. The second-order valence-electron chi connectivity index (χ2n) is 5.05. The molecule has 120 valence electrons. The fourth-order valence-electron chi connectivity index (χ4n) is 1.87. The van der Waals surface area contributed by atoms with Crippen molar-refractivity contribution in [1.82, 2.24) is 4.72 Å². The summed E-state index contributed by atoms with van der Waals surface area (Å²) in [6, 6.07) is 6.93. The highest BCUT2D eigenvalue weighted by atomic mass is 32.2. The highest BCUT2D eigenvalue weighted by Gasteiger charge is 2.16. The smallest absolute Gasteiger partial charge is 0.242 e. The summed E-state index contributed by atoms with van der Waals surface area (Å²) < 4.78 is 32.6. The second-order valence-corrected chi connectivity index (χ2v) is 6.79. The van der Waals surface area contributed by atoms with Gasteiger partial charge in [0.2, 0.25) is 10.0 Å². The van der Waals surface area contributed by atoms with Gasteiger partial charge in [0.15, 0.2) is 0 Å². The summed E-state index contributed by atoms with van der Waals surface area (Å²) in [6.07, 6.45) is 1.82. The Bertz CT molecular complexity index is 515. The minimum atomic E-state index is -3.47. The molecule has 2 N–H and O–H groups in total. The Balaban J connectivity index is 2.50. The third-order valence-electron chi connectivity index (χ3n) is 2.86. The normalized spacial score (nSPS) is 11.8. The van der Waals surface area contributed by atoms with Gasteiger partial charge in [-0.2, -0.15) is 0 Å². The molecule has 0 heterocycles. The molecule has 0 aliphatic rings. The van der Waals surface area contributed by atoms with E-state index in [1.165, 1.54) is 0 Å². The van der Waals surface area contributed by atoms with Crippen molar-refractivity contribution in [3.8, 4) is 0 Å². The number of hydrogen-bond acceptors (Lipinski definition) is 4. The lowest BCUT2D eigenvalue weighted by Gasteiger charge is -2.12. The minimum absolute atomic E-state index is 0.216. The zero-order valence-electron chi connectivity index (χ0n) is 13.1. The number of sulfonamides is 1. The monoisotopic (exact) mass is 314 g/mol. The summed E-state index contributed by atoms with van der Waals surface area (Å²) >= 11 is 0. The van der Waals surface area contributed by atoms with Crippen molar-refractivity contribution < 1.29 is 13.2 Å². The van der Waals surface area contributed by atoms with Crippen LogP contribution in [0.15, 0.2) is 29.2 Å². The van der Waals surface area contributed by atoms with Gasteiger partial charge >= 0.3 is 0 Å². The van der Waals surface area contributed by atoms with Crippen LogP contribution in [0.25, 0.3) is 0 Å². The molecule has 0 fully saturated rings. The maximum Gasteiger partial charge on any atom is 0.242 e. The van der Waals surface area contributed by atoms with Crippen LogP contribution in [0.5, 0.6) is 0 Å². The molecule has 0 spiro atoms. The standard InChI is InChI=1S/C15H26N2O3S/c1-4-16-14-9-5-6-10-15(14)21(18,19)17-11-7-8-12-20-13(2)3/h5-6,9-10,13,16-17H,4,7-8,11-12H2,1-3H3. The topological polar surface area (TPSA) is 67.4 Å². The van der Waals surface area contributed by atoms with Gasteiger partial charge in [-0.05, 0) is 45.7 Å². The summed E-state index contributed by atoms with van der Waals surface area (Å²) in [5, 5.41) is 3.07. The molecule has 0 aliphatic heterocycles. The lowest BCUT2D eigenvalue weighted by Crippen LogP contribution is -2.26. The van der Waals surface area contributed by atoms with Crippen LogP contribution >= 0.6 is 0 Å². The molecule has 1 aromatic carbocycles. The predicted molar refractivity (Wildman–Crippen MR) is 86.1 cm³/mol. The number of benzene rings is 1. The second kappa shape index (κ2) is 9.02. The summed E-state index contributed by atoms with van der Waals surface area (Å²) in [4.78, 5) is 0.297. The molecule has 1 aromatic rings. The van der Waals surface area contributed by atoms with E-state index in [1.54, 1.807) is 18.2 Å². The largest absolute Gasteiger partial charge is 0.384 e. The minimum Gasteiger partial charge on any atom is -0.384 e. The van der Waals surface area contributed by atoms with Crippen LogP contribution in [0, 0.1) is 0 Å². The fraction of sp³-hybridized carbons (Fsp3) is 0.600. The van der Waals surface area contributed by atoms with E-state index in [0.29, 0.717) is 30.3 Å². The molecule has 0 aliphatic carbocycles. The fourth-order valence-corrected chi connectivity index (χ4v) is 3.12. The summed E-state index contributed by atoms with van der Waals surface area (Å²) in [6.45, 7) is 7.67. The molecule has 0 saturated heterocycles. The number of hydrogen-bond donors (Lipinski definition) is 2. The van der Waals surface area contributed by atoms with Crippen molar-refractivity contribution in [3.05, 3.63) is 24.3 Å². The van der Waals surface area contributed by atoms with Gasteiger partial charge in [-0.1, -0.05) is 12.1 Å². The number of nitrogens with one attached hydrogen (secondary N) is 2. The van der Waals surface area contributed by atoms with E-state index in [2.05, 4.69) is 10.0 Å². The maximum absolute atomic E-state index is 12.3. The molecule has 0 amide bonds. The summed E-state index contributed by atoms with van der Waals surface area (Å²) in [5.74, 6) is 0. The van der Waals surface area contributed by atoms with Crippen LogP contribution in [0.3, 0.4) is 0 Å². The first-order valence-corrected chi connectivity index (χ1v) is 8.90. The lowest BCUT2D eigenvalue weighted by molar-refractivity contribution is 0.0762. The number of ether oxygens (including phenoxy) is 1. The highest BCUT2D eigenvalue weighted by Crippen LogP contribution is 2.20. The molecule has 0 aromatic heterocycles. The van der Waals surface area contributed by atoms with Crippen molar-refractivity contribution in [2.45, 2.75) is 44.6 Å². The van der Waals surface area contributed by atoms with E-state index in [4.69, 9.17) is 4.74 Å². The van der Waals surface area contributed by atoms with Gasteiger partial charge in [0.1, 0.15) is 4.90 Å². The third kappa shape index (κ3) is 6.46. The Morgan fingerprint density at radius 1 is 1.19 bits per heavy atom. The predicted octanol–water partition coefficient (Wildman–Crippen LogP) is 2.60. The molecule has 0 bridgehead atoms. The summed E-state index contributed by atoms with van der Waals surface area (Å²) in [5.41, 5.74) is 0.635. The maximum atomic E-state index is 12.3. The number of anilines is 1. The number of para-hydroxylation sites is 1. The van der Waals surface area contributed by atoms with Crippen LogP contribution < -0.4 is 10.0 Å². The quantitative estimate of drug-likeness (QED) is 0.651. The van der Waals surface area contributed by atoms with E-state index in [-0.39, 0.29) is 6.10 Å². The Hall–Kier alpha value is -1.11. The van der Waals surface area contributed by atoms with E-state index in [0.717, 1.165) is 12.8 Å². The lowest BCUT2D eigenvalue weighted by atomic mass is 10.3. The number of unbranched alkanes of at least 4 members (excludes halogenated alkanes) is 1. The van der Waals surface area contributed by atoms with Gasteiger partial charge in [-0.15, -0.1) is 0 Å². The molecule has 0 saturated carbocycles. The van der Waals surface area contributed by atoms with Gasteiger partial charge in [0, 0.05) is 19.7 Å². The average molecular weight is 314 g/mol. The van der Waals surface area contributed by atoms with Crippen molar-refractivity contribution in [2.75, 3.05) is 25.0 Å². The van der Waals surface area contributed by atoms with Gasteiger partial charge in [0.05, 0.1) is 11.8 Å². The van der Waals surface area contributed by atoms with Gasteiger partial charge < -0.3 is 10.1 Å². The third-order valence-corrected chi connectivity index (χ3v) is 4.38. The van der Waals surface area contributed by atoms with Gasteiger partial charge in [0.25, 0.3) is 0 Å². The van der Waals surface area contributed by atoms with Crippen LogP contribution in [-0.4, -0.2) is 34.2 Å². The van der Waals surface area contributed by atoms with Crippen LogP contribution in [0.2, 0.25) is 0 Å². The van der Waals surface area contributed by atoms with E-state index in [9.17, 15) is 8.42 Å². The summed E-state index contributed by atoms with van der Waals surface area (Å²) in [7, 11) is -3.47. The Morgan fingerprint density at radius 3 is 2.57 bits per heavy atom. The van der Waals surface area contributed by atoms with Gasteiger partial charge in [-0.25, -0.2) is 13.1 Å². The molecule has 21 heavy (non-hydrogen) atoms. The zero-order valence-corrected chi connectivity index (χ0v) is 13.9. The average Bonchev–Trinajstić information content (AvgIpc) is 2.43. The molecule has 0 atom stereocenters. The van der Waals surface area contributed by atoms with E-state index in [1.807, 2.05) is 26.8 Å². The van der Waals surface area contributed by atoms with Crippen molar-refractivity contribution in [2.24, 2.45) is 0 Å². The number of rotatable bonds is 10. The Kier molecular flexibility index (Phi) is 7.71. The first kappa shape index (κ1) is 17.9. The van der Waals surface area contributed by atoms with Crippen molar-refractivity contribution in [1.29, 1.82) is 0 Å². The zero-order chi connectivity index (χ0) is 15.7. The molecular formula is C15H26N2O3S. The van der Waals surface area contributed by atoms with E-state index >= 15 is 0 Å². The molecule has 1 rings (SSSR count). The van der Waals surface area contributed by atoms with E-state index < -0.39 is 10.0 Å². The Labute approximate surface area is 128 Å². The SMILES string of the molecule is CCNc1ccccc1S(=O)(=O)NCCCCOC(C)C. The molecule has 0 unspecified atom stereocenters. The highest BCUT2D eigenvalue weighted by molar-refractivity contribution is 7.89. The van der Waals surface area contributed by atoms with Crippen molar-refractivity contribution >= 4 is 15.7 Å². The van der Waals surface area contributed by atoms with Crippen LogP contribution in [0.4, 0.5) is 5.69 Å². The molecule has 0 radical (unpaired) electrons.